The summed E-state index contributed by atoms with van der Waals surface area (Å²) in [5, 5.41) is 17.9. The lowest BCUT2D eigenvalue weighted by atomic mass is 9.91. The summed E-state index contributed by atoms with van der Waals surface area (Å²) < 4.78 is 5.42. The van der Waals surface area contributed by atoms with E-state index in [1.54, 1.807) is 27.0 Å². The van der Waals surface area contributed by atoms with Crippen molar-refractivity contribution in [3.05, 3.63) is 70.4 Å². The standard InChI is InChI=1S/C30H34N6O7/c1-30(2,3)43-28(39)33-24(14-18-17-31-22-11-5-4-10-21(18)22)27(38)32-23-12-7-13-34-25(23)16-26(37)35(29(34)40)19-8-6-9-20(15-19)36(41)42/h4-6,8-11,15,17,23-25,31H,7,12-14,16H2,1-3H3,(H,32,38)(H,33,39)/t23-,24+,25+/m1/s1. The van der Waals surface area contributed by atoms with Crippen LogP contribution < -0.4 is 15.5 Å². The van der Waals surface area contributed by atoms with E-state index in [2.05, 4.69) is 15.6 Å². The van der Waals surface area contributed by atoms with Crippen LogP contribution in [0.2, 0.25) is 0 Å². The van der Waals surface area contributed by atoms with Crippen LogP contribution in [0.1, 0.15) is 45.6 Å². The number of aromatic amines is 1. The van der Waals surface area contributed by atoms with Crippen LogP contribution in [0, 0.1) is 10.1 Å². The number of alkyl carbamates (subject to hydrolysis) is 1. The fourth-order valence-electron chi connectivity index (χ4n) is 5.68. The molecule has 5 amide bonds. The van der Waals surface area contributed by atoms with Crippen LogP contribution in [0.3, 0.4) is 0 Å². The summed E-state index contributed by atoms with van der Waals surface area (Å²) in [5.74, 6) is -0.987. The molecule has 3 atom stereocenters. The number of hydrogen-bond donors (Lipinski definition) is 3. The maximum Gasteiger partial charge on any atom is 0.408 e. The molecule has 0 spiro atoms. The normalized spacial score (nSPS) is 19.5. The molecular weight excluding hydrogens is 556 g/mol. The minimum Gasteiger partial charge on any atom is -0.444 e. The molecule has 2 fully saturated rings. The summed E-state index contributed by atoms with van der Waals surface area (Å²) in [6.07, 6.45) is 2.24. The fourth-order valence-corrected chi connectivity index (χ4v) is 5.68. The number of urea groups is 1. The number of aromatic nitrogens is 1. The first-order valence-electron chi connectivity index (χ1n) is 14.1. The molecule has 0 bridgehead atoms. The average molecular weight is 591 g/mol. The number of benzene rings is 2. The van der Waals surface area contributed by atoms with Gasteiger partial charge in [0.15, 0.2) is 0 Å². The van der Waals surface area contributed by atoms with Gasteiger partial charge in [0.2, 0.25) is 11.8 Å². The second-order valence-electron chi connectivity index (χ2n) is 11.8. The van der Waals surface area contributed by atoms with Crippen LogP contribution in [0.5, 0.6) is 0 Å². The van der Waals surface area contributed by atoms with Crippen molar-refractivity contribution in [3.8, 4) is 0 Å². The number of imide groups is 1. The van der Waals surface area contributed by atoms with Crippen molar-refractivity contribution >= 4 is 46.2 Å². The average Bonchev–Trinajstić information content (AvgIpc) is 3.35. The summed E-state index contributed by atoms with van der Waals surface area (Å²) in [6.45, 7) is 5.55. The zero-order chi connectivity index (χ0) is 30.9. The van der Waals surface area contributed by atoms with Crippen molar-refractivity contribution < 1.29 is 28.8 Å². The lowest BCUT2D eigenvalue weighted by Gasteiger charge is -2.46. The number of amides is 5. The molecule has 5 rings (SSSR count). The Morgan fingerprint density at radius 1 is 1.16 bits per heavy atom. The minimum atomic E-state index is -0.999. The van der Waals surface area contributed by atoms with Gasteiger partial charge >= 0.3 is 12.1 Å². The Bertz CT molecular complexity index is 1580. The molecule has 0 aliphatic carbocycles. The predicted molar refractivity (Wildman–Crippen MR) is 157 cm³/mol. The van der Waals surface area contributed by atoms with Crippen LogP contribution in [0.25, 0.3) is 10.9 Å². The van der Waals surface area contributed by atoms with E-state index in [0.717, 1.165) is 21.4 Å². The van der Waals surface area contributed by atoms with E-state index in [1.165, 1.54) is 29.2 Å². The number of piperidine rings is 1. The summed E-state index contributed by atoms with van der Waals surface area (Å²) in [4.78, 5) is 69.6. The van der Waals surface area contributed by atoms with Gasteiger partial charge in [-0.1, -0.05) is 24.3 Å². The van der Waals surface area contributed by atoms with Gasteiger partial charge in [0.25, 0.3) is 5.69 Å². The minimum absolute atomic E-state index is 0.0774. The van der Waals surface area contributed by atoms with Gasteiger partial charge in [-0.15, -0.1) is 0 Å². The molecule has 13 heteroatoms. The highest BCUT2D eigenvalue weighted by Crippen LogP contribution is 2.31. The number of anilines is 1. The Balaban J connectivity index is 1.35. The molecule has 2 aromatic carbocycles. The third kappa shape index (κ3) is 6.45. The molecule has 3 heterocycles. The number of H-pyrrole nitrogens is 1. The summed E-state index contributed by atoms with van der Waals surface area (Å²) in [7, 11) is 0. The number of nitrogens with zero attached hydrogens (tertiary/aromatic N) is 3. The highest BCUT2D eigenvalue weighted by Gasteiger charge is 2.45. The molecule has 2 aliphatic heterocycles. The highest BCUT2D eigenvalue weighted by molar-refractivity contribution is 6.16. The van der Waals surface area contributed by atoms with Gasteiger partial charge in [-0.3, -0.25) is 19.7 Å². The van der Waals surface area contributed by atoms with Crippen molar-refractivity contribution in [1.82, 2.24) is 20.5 Å². The maximum atomic E-state index is 13.7. The Morgan fingerprint density at radius 2 is 1.93 bits per heavy atom. The van der Waals surface area contributed by atoms with Crippen molar-refractivity contribution in [1.29, 1.82) is 0 Å². The quantitative estimate of drug-likeness (QED) is 0.276. The second-order valence-corrected chi connectivity index (χ2v) is 11.8. The molecule has 0 radical (unpaired) electrons. The largest absolute Gasteiger partial charge is 0.444 e. The number of nitrogens with one attached hydrogen (secondary N) is 3. The van der Waals surface area contributed by atoms with Crippen molar-refractivity contribution in [2.45, 2.75) is 70.2 Å². The van der Waals surface area contributed by atoms with Crippen LogP contribution in [-0.4, -0.2) is 69.0 Å². The lowest BCUT2D eigenvalue weighted by molar-refractivity contribution is -0.384. The third-order valence-corrected chi connectivity index (χ3v) is 7.58. The van der Waals surface area contributed by atoms with E-state index < -0.39 is 52.6 Å². The summed E-state index contributed by atoms with van der Waals surface area (Å²) >= 11 is 0. The van der Waals surface area contributed by atoms with Gasteiger partial charge in [0.05, 0.1) is 23.1 Å². The van der Waals surface area contributed by atoms with E-state index in [0.29, 0.717) is 19.4 Å². The van der Waals surface area contributed by atoms with Crippen molar-refractivity contribution in [3.63, 3.8) is 0 Å². The molecular formula is C30H34N6O7. The Hall–Kier alpha value is -4.94. The van der Waals surface area contributed by atoms with Gasteiger partial charge in [-0.05, 0) is 51.3 Å². The molecule has 226 valence electrons. The number of carbonyl (C=O) groups is 4. The molecule has 2 saturated heterocycles. The van der Waals surface area contributed by atoms with Gasteiger partial charge in [0.1, 0.15) is 11.6 Å². The molecule has 0 saturated carbocycles. The van der Waals surface area contributed by atoms with Gasteiger partial charge in [-0.25, -0.2) is 14.5 Å². The van der Waals surface area contributed by atoms with Gasteiger partial charge in [-0.2, -0.15) is 0 Å². The molecule has 43 heavy (non-hydrogen) atoms. The zero-order valence-corrected chi connectivity index (χ0v) is 24.2. The molecule has 1 aromatic heterocycles. The van der Waals surface area contributed by atoms with Crippen LogP contribution >= 0.6 is 0 Å². The van der Waals surface area contributed by atoms with E-state index in [1.807, 2.05) is 24.3 Å². The third-order valence-electron chi connectivity index (χ3n) is 7.58. The Morgan fingerprint density at radius 3 is 2.67 bits per heavy atom. The van der Waals surface area contributed by atoms with Crippen molar-refractivity contribution in [2.75, 3.05) is 11.4 Å². The van der Waals surface area contributed by atoms with Crippen molar-refractivity contribution in [2.24, 2.45) is 0 Å². The zero-order valence-electron chi connectivity index (χ0n) is 24.2. The molecule has 3 aromatic rings. The first-order chi connectivity index (χ1) is 20.4. The predicted octanol–water partition coefficient (Wildman–Crippen LogP) is 4.02. The van der Waals surface area contributed by atoms with E-state index >= 15 is 0 Å². The lowest BCUT2D eigenvalue weighted by Crippen LogP contribution is -2.66. The SMILES string of the molecule is CC(C)(C)OC(=O)N[C@@H](Cc1c[nH]c2ccccc12)C(=O)N[C@@H]1CCCN2C(=O)N(c3cccc([N+](=O)[O-])c3)C(=O)C[C@@H]12. The fraction of sp³-hybridized carbons (Fsp3) is 0.400. The number of hydrogen-bond acceptors (Lipinski definition) is 7. The van der Waals surface area contributed by atoms with E-state index in [4.69, 9.17) is 4.74 Å². The van der Waals surface area contributed by atoms with Crippen LogP contribution in [-0.2, 0) is 20.7 Å². The summed E-state index contributed by atoms with van der Waals surface area (Å²) in [5.41, 5.74) is 0.831. The summed E-state index contributed by atoms with van der Waals surface area (Å²) in [6, 6.07) is 10.3. The number of rotatable bonds is 7. The topological polar surface area (TPSA) is 167 Å². The number of para-hydroxylation sites is 1. The molecule has 13 nitrogen and oxygen atoms in total. The molecule has 2 aliphatic rings. The number of carbonyl (C=O) groups excluding carboxylic acids is 4. The first kappa shape index (κ1) is 29.5. The Labute approximate surface area is 247 Å². The Kier molecular flexibility index (Phi) is 8.07. The van der Waals surface area contributed by atoms with Gasteiger partial charge < -0.3 is 25.3 Å². The first-order valence-corrected chi connectivity index (χ1v) is 14.1. The number of fused-ring (bicyclic) bond motifs is 2. The van der Waals surface area contributed by atoms with Gasteiger partial charge in [0, 0.05) is 48.2 Å². The van der Waals surface area contributed by atoms with E-state index in [9.17, 15) is 29.3 Å². The highest BCUT2D eigenvalue weighted by atomic mass is 16.6. The molecule has 3 N–H and O–H groups in total. The monoisotopic (exact) mass is 590 g/mol. The van der Waals surface area contributed by atoms with E-state index in [-0.39, 0.29) is 24.2 Å². The smallest absolute Gasteiger partial charge is 0.408 e. The number of non-ortho nitro benzene ring substituents is 1. The second kappa shape index (κ2) is 11.7. The number of nitro benzene ring substituents is 1. The van der Waals surface area contributed by atoms with Crippen LogP contribution in [0.15, 0.2) is 54.7 Å². The van der Waals surface area contributed by atoms with Crippen LogP contribution in [0.4, 0.5) is 21.0 Å². The number of nitro groups is 1. The number of ether oxygens (including phenoxy) is 1. The maximum absolute atomic E-state index is 13.7. The molecule has 0 unspecified atom stereocenters.